The molecule has 4 rings (SSSR count). The number of piperidine rings is 1. The minimum Gasteiger partial charge on any atom is -0.300 e. The van der Waals surface area contributed by atoms with Gasteiger partial charge in [0.2, 0.25) is 21.1 Å². The molecule has 2 heterocycles. The molecule has 0 atom stereocenters. The Labute approximate surface area is 188 Å². The molecule has 0 spiro atoms. The Morgan fingerprint density at radius 3 is 2.53 bits per heavy atom. The van der Waals surface area contributed by atoms with E-state index in [0.717, 1.165) is 27.0 Å². The number of aromatic nitrogens is 2. The summed E-state index contributed by atoms with van der Waals surface area (Å²) in [5, 5.41) is 12.0. The Hall–Kier alpha value is -2.76. The summed E-state index contributed by atoms with van der Waals surface area (Å²) < 4.78 is 53.8. The molecule has 1 fully saturated rings. The fourth-order valence-corrected chi connectivity index (χ4v) is 5.85. The Bertz CT molecular complexity index is 1210. The average molecular weight is 479 g/mol. The normalized spacial score (nSPS) is 15.6. The number of nitrogens with one attached hydrogen (secondary N) is 1. The van der Waals surface area contributed by atoms with E-state index >= 15 is 0 Å². The van der Waals surface area contributed by atoms with Gasteiger partial charge in [-0.3, -0.25) is 4.79 Å². The predicted molar refractivity (Wildman–Crippen MR) is 116 cm³/mol. The minimum absolute atomic E-state index is 0.0335. The second-order valence-electron chi connectivity index (χ2n) is 7.41. The third kappa shape index (κ3) is 5.00. The lowest BCUT2D eigenvalue weighted by molar-refractivity contribution is -0.120. The molecular formula is C21H20F2N4O3S2. The van der Waals surface area contributed by atoms with Crippen LogP contribution in [0, 0.1) is 17.6 Å². The molecule has 0 radical (unpaired) electrons. The molecular weight excluding hydrogens is 458 g/mol. The zero-order valence-corrected chi connectivity index (χ0v) is 18.5. The number of benzene rings is 2. The Morgan fingerprint density at radius 2 is 1.81 bits per heavy atom. The van der Waals surface area contributed by atoms with Gasteiger partial charge in [-0.15, -0.1) is 10.2 Å². The lowest BCUT2D eigenvalue weighted by Crippen LogP contribution is -2.41. The van der Waals surface area contributed by atoms with Gasteiger partial charge in [0.15, 0.2) is 0 Å². The molecule has 0 unspecified atom stereocenters. The van der Waals surface area contributed by atoms with Crippen molar-refractivity contribution in [1.82, 2.24) is 14.5 Å². The summed E-state index contributed by atoms with van der Waals surface area (Å²) in [4.78, 5) is 11.9. The van der Waals surface area contributed by atoms with E-state index in [-0.39, 0.29) is 31.8 Å². The maximum absolute atomic E-state index is 14.0. The number of sulfonamides is 1. The lowest BCUT2D eigenvalue weighted by atomic mass is 9.97. The molecule has 32 heavy (non-hydrogen) atoms. The van der Waals surface area contributed by atoms with E-state index < -0.39 is 32.5 Å². The molecule has 11 heteroatoms. The van der Waals surface area contributed by atoms with Crippen molar-refractivity contribution < 1.29 is 22.0 Å². The van der Waals surface area contributed by atoms with Crippen molar-refractivity contribution in [1.29, 1.82) is 0 Å². The monoisotopic (exact) mass is 478 g/mol. The van der Waals surface area contributed by atoms with E-state index in [0.29, 0.717) is 17.6 Å². The highest BCUT2D eigenvalue weighted by atomic mass is 32.2. The molecule has 0 saturated carbocycles. The number of halogens is 2. The number of rotatable bonds is 6. The largest absolute Gasteiger partial charge is 0.300 e. The zero-order chi connectivity index (χ0) is 22.7. The van der Waals surface area contributed by atoms with Crippen molar-refractivity contribution in [3.8, 4) is 0 Å². The van der Waals surface area contributed by atoms with Crippen molar-refractivity contribution in [2.24, 2.45) is 5.92 Å². The van der Waals surface area contributed by atoms with Gasteiger partial charge in [-0.25, -0.2) is 17.2 Å². The van der Waals surface area contributed by atoms with Gasteiger partial charge in [0.1, 0.15) is 21.5 Å². The Balaban J connectivity index is 1.34. The summed E-state index contributed by atoms with van der Waals surface area (Å²) in [6.07, 6.45) is 1.14. The number of nitrogens with zero attached hydrogens (tertiary/aromatic N) is 3. The molecule has 168 valence electrons. The third-order valence-electron chi connectivity index (χ3n) is 5.23. The SMILES string of the molecule is O=C(Nc1nnc(Cc2ccccc2)s1)C1CCN(S(=O)(=O)c2cc(F)ccc2F)CC1. The van der Waals surface area contributed by atoms with Crippen molar-refractivity contribution in [2.45, 2.75) is 24.2 Å². The first kappa shape index (κ1) is 22.4. The summed E-state index contributed by atoms with van der Waals surface area (Å²) >= 11 is 1.29. The summed E-state index contributed by atoms with van der Waals surface area (Å²) in [6.45, 7) is 0.0670. The number of carbonyl (C=O) groups excluding carboxylic acids is 1. The fraction of sp³-hybridized carbons (Fsp3) is 0.286. The fourth-order valence-electron chi connectivity index (χ4n) is 3.53. The zero-order valence-electron chi connectivity index (χ0n) is 16.9. The minimum atomic E-state index is -4.18. The van der Waals surface area contributed by atoms with Crippen molar-refractivity contribution in [2.75, 3.05) is 18.4 Å². The molecule has 1 aliphatic rings. The molecule has 1 N–H and O–H groups in total. The maximum atomic E-state index is 14.0. The molecule has 1 aromatic heterocycles. The highest BCUT2D eigenvalue weighted by molar-refractivity contribution is 7.89. The van der Waals surface area contributed by atoms with Crippen LogP contribution in [-0.2, 0) is 21.2 Å². The number of hydrogen-bond acceptors (Lipinski definition) is 6. The molecule has 0 aliphatic carbocycles. The standard InChI is InChI=1S/C21H20F2N4O3S2/c22-16-6-7-17(23)18(13-16)32(29,30)27-10-8-15(9-11-27)20(28)24-21-26-25-19(31-21)12-14-4-2-1-3-5-14/h1-7,13,15H,8-12H2,(H,24,26,28). The van der Waals surface area contributed by atoms with E-state index in [1.54, 1.807) is 0 Å². The van der Waals surface area contributed by atoms with Crippen LogP contribution in [0.3, 0.4) is 0 Å². The Morgan fingerprint density at radius 1 is 1.09 bits per heavy atom. The topological polar surface area (TPSA) is 92.3 Å². The van der Waals surface area contributed by atoms with Crippen LogP contribution < -0.4 is 5.32 Å². The van der Waals surface area contributed by atoms with Crippen LogP contribution in [0.5, 0.6) is 0 Å². The first-order valence-corrected chi connectivity index (χ1v) is 12.2. The first-order chi connectivity index (χ1) is 15.3. The number of hydrogen-bond donors (Lipinski definition) is 1. The number of anilines is 1. The summed E-state index contributed by atoms with van der Waals surface area (Å²) in [7, 11) is -4.18. The van der Waals surface area contributed by atoms with Crippen molar-refractivity contribution in [3.63, 3.8) is 0 Å². The smallest absolute Gasteiger partial charge is 0.246 e. The highest BCUT2D eigenvalue weighted by Gasteiger charge is 2.34. The van der Waals surface area contributed by atoms with Gasteiger partial charge in [0.25, 0.3) is 0 Å². The maximum Gasteiger partial charge on any atom is 0.246 e. The molecule has 2 aromatic carbocycles. The molecule has 1 amide bonds. The van der Waals surface area contributed by atoms with Gasteiger partial charge in [0, 0.05) is 25.4 Å². The van der Waals surface area contributed by atoms with E-state index in [1.807, 2.05) is 30.3 Å². The summed E-state index contributed by atoms with van der Waals surface area (Å²) in [5.74, 6) is -2.52. The predicted octanol–water partition coefficient (Wildman–Crippen LogP) is 3.45. The van der Waals surface area contributed by atoms with Gasteiger partial charge in [-0.05, 0) is 36.6 Å². The van der Waals surface area contributed by atoms with Crippen LogP contribution in [0.15, 0.2) is 53.4 Å². The number of carbonyl (C=O) groups is 1. The van der Waals surface area contributed by atoms with Crippen LogP contribution in [0.4, 0.5) is 13.9 Å². The van der Waals surface area contributed by atoms with Gasteiger partial charge in [-0.2, -0.15) is 4.31 Å². The summed E-state index contributed by atoms with van der Waals surface area (Å²) in [6, 6.07) is 12.1. The van der Waals surface area contributed by atoms with E-state index in [9.17, 15) is 22.0 Å². The van der Waals surface area contributed by atoms with Gasteiger partial charge >= 0.3 is 0 Å². The van der Waals surface area contributed by atoms with Crippen LogP contribution in [-0.4, -0.2) is 41.9 Å². The number of amides is 1. The quantitative estimate of drug-likeness (QED) is 0.586. The van der Waals surface area contributed by atoms with Crippen LogP contribution in [0.2, 0.25) is 0 Å². The molecule has 1 saturated heterocycles. The lowest BCUT2D eigenvalue weighted by Gasteiger charge is -2.30. The third-order valence-corrected chi connectivity index (χ3v) is 7.98. The Kier molecular flexibility index (Phi) is 6.58. The van der Waals surface area contributed by atoms with E-state index in [2.05, 4.69) is 15.5 Å². The van der Waals surface area contributed by atoms with Gasteiger partial charge in [-0.1, -0.05) is 41.7 Å². The average Bonchev–Trinajstić information content (AvgIpc) is 3.22. The molecule has 0 bridgehead atoms. The second kappa shape index (κ2) is 9.39. The van der Waals surface area contributed by atoms with Gasteiger partial charge in [0.05, 0.1) is 0 Å². The molecule has 3 aromatic rings. The van der Waals surface area contributed by atoms with E-state index in [4.69, 9.17) is 0 Å². The highest BCUT2D eigenvalue weighted by Crippen LogP contribution is 2.27. The van der Waals surface area contributed by atoms with Crippen LogP contribution >= 0.6 is 11.3 Å². The molecule has 1 aliphatic heterocycles. The summed E-state index contributed by atoms with van der Waals surface area (Å²) in [5.41, 5.74) is 1.09. The van der Waals surface area contributed by atoms with Gasteiger partial charge < -0.3 is 5.32 Å². The van der Waals surface area contributed by atoms with Crippen LogP contribution in [0.1, 0.15) is 23.4 Å². The van der Waals surface area contributed by atoms with E-state index in [1.165, 1.54) is 11.3 Å². The van der Waals surface area contributed by atoms with Crippen molar-refractivity contribution in [3.05, 3.63) is 70.7 Å². The first-order valence-electron chi connectivity index (χ1n) is 9.95. The second-order valence-corrected chi connectivity index (χ2v) is 10.4. The van der Waals surface area contributed by atoms with Crippen molar-refractivity contribution >= 4 is 32.4 Å². The molecule has 7 nitrogen and oxygen atoms in total. The van der Waals surface area contributed by atoms with Crippen LogP contribution in [0.25, 0.3) is 0 Å².